The van der Waals surface area contributed by atoms with Crippen molar-refractivity contribution in [1.82, 2.24) is 10.1 Å². The third-order valence-corrected chi connectivity index (χ3v) is 1.63. The Balaban J connectivity index is 2.53. The van der Waals surface area contributed by atoms with Crippen molar-refractivity contribution in [3.8, 4) is 0 Å². The van der Waals surface area contributed by atoms with Crippen LogP contribution in [0.1, 0.15) is 24.2 Å². The van der Waals surface area contributed by atoms with Crippen LogP contribution in [0.15, 0.2) is 4.52 Å². The molecule has 0 fully saturated rings. The fraction of sp³-hybridized carbons (Fsp3) is 0.714. The van der Waals surface area contributed by atoms with E-state index in [1.165, 1.54) is 0 Å². The van der Waals surface area contributed by atoms with E-state index in [-0.39, 0.29) is 18.1 Å². The van der Waals surface area contributed by atoms with Gasteiger partial charge in [0.15, 0.2) is 5.82 Å². The van der Waals surface area contributed by atoms with Crippen molar-refractivity contribution in [1.29, 1.82) is 0 Å². The first-order valence-corrected chi connectivity index (χ1v) is 4.18. The summed E-state index contributed by atoms with van der Waals surface area (Å²) >= 11 is 0. The Labute approximate surface area is 83.1 Å². The number of aromatic nitrogens is 2. The summed E-state index contributed by atoms with van der Waals surface area (Å²) in [4.78, 5) is 3.62. The van der Waals surface area contributed by atoms with Gasteiger partial charge in [-0.05, 0) is 0 Å². The molecule has 86 valence electrons. The van der Waals surface area contributed by atoms with Gasteiger partial charge < -0.3 is 15.4 Å². The van der Waals surface area contributed by atoms with Crippen molar-refractivity contribution in [3.63, 3.8) is 0 Å². The van der Waals surface area contributed by atoms with Crippen LogP contribution in [0.4, 0.5) is 13.2 Å². The van der Waals surface area contributed by atoms with E-state index in [1.807, 2.05) is 0 Å². The maximum atomic E-state index is 11.8. The normalized spacial score (nSPS) is 14.2. The second kappa shape index (κ2) is 4.58. The van der Waals surface area contributed by atoms with Gasteiger partial charge in [0.1, 0.15) is 0 Å². The van der Waals surface area contributed by atoms with Crippen LogP contribution in [-0.4, -0.2) is 28.0 Å². The van der Waals surface area contributed by atoms with E-state index in [0.29, 0.717) is 0 Å². The molecule has 0 radical (unpaired) electrons. The molecule has 5 nitrogen and oxygen atoms in total. The molecule has 0 saturated heterocycles. The second-order valence-electron chi connectivity index (χ2n) is 2.95. The van der Waals surface area contributed by atoms with Crippen LogP contribution in [-0.2, 0) is 6.42 Å². The monoisotopic (exact) mass is 225 g/mol. The molecule has 1 aromatic heterocycles. The Morgan fingerprint density at radius 2 is 2.13 bits per heavy atom. The average molecular weight is 225 g/mol. The molecule has 1 heterocycles. The van der Waals surface area contributed by atoms with E-state index >= 15 is 0 Å². The molecule has 0 aromatic carbocycles. The maximum Gasteiger partial charge on any atom is 0.389 e. The molecule has 0 amide bonds. The zero-order valence-electron chi connectivity index (χ0n) is 7.66. The topological polar surface area (TPSA) is 85.2 Å². The summed E-state index contributed by atoms with van der Waals surface area (Å²) in [6.45, 7) is -0.391. The minimum atomic E-state index is -4.26. The number of aliphatic hydroxyl groups excluding tert-OH is 1. The minimum Gasteiger partial charge on any atom is -0.394 e. The van der Waals surface area contributed by atoms with Gasteiger partial charge in [0, 0.05) is 6.42 Å². The van der Waals surface area contributed by atoms with Crippen molar-refractivity contribution >= 4 is 0 Å². The van der Waals surface area contributed by atoms with Crippen LogP contribution in [0.5, 0.6) is 0 Å². The maximum absolute atomic E-state index is 11.8. The molecule has 0 spiro atoms. The largest absolute Gasteiger partial charge is 0.394 e. The lowest BCUT2D eigenvalue weighted by molar-refractivity contribution is -0.134. The lowest BCUT2D eigenvalue weighted by atomic mass is 10.3. The first-order chi connectivity index (χ1) is 6.92. The fourth-order valence-corrected chi connectivity index (χ4v) is 0.851. The van der Waals surface area contributed by atoms with Gasteiger partial charge in [-0.25, -0.2) is 0 Å². The molecule has 3 N–H and O–H groups in total. The van der Waals surface area contributed by atoms with Gasteiger partial charge in [-0.3, -0.25) is 0 Å². The van der Waals surface area contributed by atoms with Crippen molar-refractivity contribution in [2.24, 2.45) is 5.73 Å². The highest BCUT2D eigenvalue weighted by Gasteiger charge is 2.28. The van der Waals surface area contributed by atoms with Gasteiger partial charge in [0.25, 0.3) is 0 Å². The summed E-state index contributed by atoms with van der Waals surface area (Å²) in [5.74, 6) is -0.124. The number of aliphatic hydroxyl groups is 1. The molecule has 1 rings (SSSR count). The van der Waals surface area contributed by atoms with Gasteiger partial charge in [-0.2, -0.15) is 18.2 Å². The van der Waals surface area contributed by atoms with Crippen molar-refractivity contribution < 1.29 is 22.8 Å². The molecule has 0 bridgehead atoms. The van der Waals surface area contributed by atoms with E-state index in [9.17, 15) is 13.2 Å². The van der Waals surface area contributed by atoms with Gasteiger partial charge in [-0.15, -0.1) is 0 Å². The van der Waals surface area contributed by atoms with E-state index in [0.717, 1.165) is 0 Å². The number of nitrogens with two attached hydrogens (primary N) is 1. The van der Waals surface area contributed by atoms with E-state index in [2.05, 4.69) is 14.7 Å². The highest BCUT2D eigenvalue weighted by atomic mass is 19.4. The quantitative estimate of drug-likeness (QED) is 0.781. The van der Waals surface area contributed by atoms with Crippen molar-refractivity contribution in [2.75, 3.05) is 6.61 Å². The minimum absolute atomic E-state index is 0.00896. The van der Waals surface area contributed by atoms with E-state index in [1.54, 1.807) is 0 Å². The fourth-order valence-electron chi connectivity index (χ4n) is 0.851. The number of aryl methyl sites for hydroxylation is 1. The van der Waals surface area contributed by atoms with E-state index in [4.69, 9.17) is 10.8 Å². The highest BCUT2D eigenvalue weighted by molar-refractivity contribution is 4.92. The summed E-state index contributed by atoms with van der Waals surface area (Å²) in [5, 5.41) is 12.0. The zero-order valence-corrected chi connectivity index (χ0v) is 7.66. The highest BCUT2D eigenvalue weighted by Crippen LogP contribution is 2.21. The molecule has 1 aromatic rings. The van der Waals surface area contributed by atoms with Crippen LogP contribution in [0.3, 0.4) is 0 Å². The molecule has 0 aliphatic carbocycles. The number of rotatable bonds is 4. The molecular formula is C7H10F3N3O2. The Bertz CT molecular complexity index is 313. The van der Waals surface area contributed by atoms with Gasteiger partial charge in [-0.1, -0.05) is 5.16 Å². The van der Waals surface area contributed by atoms with Crippen LogP contribution >= 0.6 is 0 Å². The first kappa shape index (κ1) is 11.9. The summed E-state index contributed by atoms with van der Waals surface area (Å²) in [6.07, 6.45) is -5.66. The Hall–Kier alpha value is -1.15. The van der Waals surface area contributed by atoms with E-state index < -0.39 is 25.2 Å². The number of alkyl halides is 3. The van der Waals surface area contributed by atoms with Crippen molar-refractivity contribution in [2.45, 2.75) is 25.1 Å². The molecule has 1 atom stereocenters. The van der Waals surface area contributed by atoms with Crippen LogP contribution in [0, 0.1) is 0 Å². The summed E-state index contributed by atoms with van der Waals surface area (Å²) < 4.78 is 40.0. The van der Waals surface area contributed by atoms with Crippen LogP contribution < -0.4 is 5.73 Å². The zero-order chi connectivity index (χ0) is 11.5. The Morgan fingerprint density at radius 1 is 1.47 bits per heavy atom. The van der Waals surface area contributed by atoms with Gasteiger partial charge in [0.2, 0.25) is 5.89 Å². The molecule has 15 heavy (non-hydrogen) atoms. The van der Waals surface area contributed by atoms with Gasteiger partial charge >= 0.3 is 6.18 Å². The second-order valence-corrected chi connectivity index (χ2v) is 2.95. The van der Waals surface area contributed by atoms with Crippen LogP contribution in [0.2, 0.25) is 0 Å². The molecular weight excluding hydrogens is 215 g/mol. The Morgan fingerprint density at radius 3 is 2.67 bits per heavy atom. The third kappa shape index (κ3) is 3.84. The first-order valence-electron chi connectivity index (χ1n) is 4.18. The molecule has 0 aliphatic heterocycles. The standard InChI is InChI=1S/C7H10F3N3O2/c8-7(9,10)2-1-5-12-6(13-15-5)4(11)3-14/h4,14H,1-3,11H2. The Kier molecular flexibility index (Phi) is 3.64. The molecule has 8 heteroatoms. The molecule has 0 aliphatic rings. The summed E-state index contributed by atoms with van der Waals surface area (Å²) in [6, 6.07) is -0.826. The predicted molar refractivity (Wildman–Crippen MR) is 42.7 cm³/mol. The smallest absolute Gasteiger partial charge is 0.389 e. The number of nitrogens with zero attached hydrogens (tertiary/aromatic N) is 2. The molecule has 0 saturated carbocycles. The molecule has 1 unspecified atom stereocenters. The third-order valence-electron chi connectivity index (χ3n) is 1.63. The van der Waals surface area contributed by atoms with Crippen LogP contribution in [0.25, 0.3) is 0 Å². The number of hydrogen-bond donors (Lipinski definition) is 2. The summed E-state index contributed by atoms with van der Waals surface area (Å²) in [7, 11) is 0. The lowest BCUT2D eigenvalue weighted by Crippen LogP contribution is -2.16. The van der Waals surface area contributed by atoms with Crippen molar-refractivity contribution in [3.05, 3.63) is 11.7 Å². The summed E-state index contributed by atoms with van der Waals surface area (Å²) in [5.41, 5.74) is 5.33. The average Bonchev–Trinajstić information content (AvgIpc) is 2.61. The number of halogens is 3. The number of hydrogen-bond acceptors (Lipinski definition) is 5. The van der Waals surface area contributed by atoms with Gasteiger partial charge in [0.05, 0.1) is 19.1 Å². The SMILES string of the molecule is NC(CO)c1noc(CCC(F)(F)F)n1. The predicted octanol–water partition coefficient (Wildman–Crippen LogP) is 0.557. The lowest BCUT2D eigenvalue weighted by Gasteiger charge is -2.02.